The lowest BCUT2D eigenvalue weighted by molar-refractivity contribution is -0.137. The quantitative estimate of drug-likeness (QED) is 0.329. The molecule has 0 bridgehead atoms. The van der Waals surface area contributed by atoms with Gasteiger partial charge in [0.05, 0.1) is 16.1 Å². The van der Waals surface area contributed by atoms with Crippen molar-refractivity contribution in [1.82, 2.24) is 0 Å². The molecule has 0 heterocycles. The van der Waals surface area contributed by atoms with Gasteiger partial charge in [-0.05, 0) is 61.7 Å². The van der Waals surface area contributed by atoms with Crippen molar-refractivity contribution in [3.8, 4) is 5.75 Å². The molecule has 0 aliphatic rings. The number of sulfonamides is 1. The van der Waals surface area contributed by atoms with Crippen molar-refractivity contribution < 1.29 is 26.3 Å². The standard InChI is InChI=1S/C26H28F3NO3S/c1-4-8-20-11-14-23(15-12-20)34(31,32)30(19(2)3)24-16-13-22(26(27,28)29)17-25(24)33-18-21-9-6-5-7-10-21/h5-7,9-17,19H,4,8,18H2,1-3H3. The minimum atomic E-state index is -4.60. The Kier molecular flexibility index (Phi) is 7.92. The number of nitrogens with zero attached hydrogens (tertiary/aromatic N) is 1. The predicted molar refractivity (Wildman–Crippen MR) is 127 cm³/mol. The van der Waals surface area contributed by atoms with E-state index in [0.717, 1.165) is 46.5 Å². The molecular weight excluding hydrogens is 463 g/mol. The van der Waals surface area contributed by atoms with Gasteiger partial charge in [0, 0.05) is 6.04 Å². The first-order valence-electron chi connectivity index (χ1n) is 11.1. The highest BCUT2D eigenvalue weighted by atomic mass is 32.2. The van der Waals surface area contributed by atoms with Crippen LogP contribution in [0.5, 0.6) is 5.75 Å². The Bertz CT molecular complexity index is 1190. The van der Waals surface area contributed by atoms with Crippen molar-refractivity contribution in [2.75, 3.05) is 4.31 Å². The van der Waals surface area contributed by atoms with E-state index < -0.39 is 27.8 Å². The van der Waals surface area contributed by atoms with Crippen LogP contribution >= 0.6 is 0 Å². The molecule has 8 heteroatoms. The van der Waals surface area contributed by atoms with Crippen LogP contribution in [0.1, 0.15) is 43.9 Å². The third kappa shape index (κ3) is 5.91. The van der Waals surface area contributed by atoms with E-state index in [1.807, 2.05) is 13.0 Å². The second-order valence-corrected chi connectivity index (χ2v) is 10.1. The SMILES string of the molecule is CCCc1ccc(S(=O)(=O)N(c2ccc(C(F)(F)F)cc2OCc2ccccc2)C(C)C)cc1. The van der Waals surface area contributed by atoms with E-state index in [-0.39, 0.29) is 22.9 Å². The van der Waals surface area contributed by atoms with Crippen molar-refractivity contribution in [2.24, 2.45) is 0 Å². The van der Waals surface area contributed by atoms with Gasteiger partial charge in [-0.2, -0.15) is 13.2 Å². The Morgan fingerprint density at radius 3 is 2.12 bits per heavy atom. The Morgan fingerprint density at radius 2 is 1.56 bits per heavy atom. The lowest BCUT2D eigenvalue weighted by Gasteiger charge is -2.30. The fraction of sp³-hybridized carbons (Fsp3) is 0.308. The Balaban J connectivity index is 2.06. The number of aryl methyl sites for hydroxylation is 1. The first-order chi connectivity index (χ1) is 16.0. The average molecular weight is 492 g/mol. The summed E-state index contributed by atoms with van der Waals surface area (Å²) in [5.74, 6) is -0.154. The zero-order valence-electron chi connectivity index (χ0n) is 19.3. The molecule has 4 nitrogen and oxygen atoms in total. The van der Waals surface area contributed by atoms with Crippen LogP contribution in [0.2, 0.25) is 0 Å². The lowest BCUT2D eigenvalue weighted by Crippen LogP contribution is -2.37. The fourth-order valence-corrected chi connectivity index (χ4v) is 5.31. The summed E-state index contributed by atoms with van der Waals surface area (Å²) in [5, 5.41) is 0. The van der Waals surface area contributed by atoms with Crippen LogP contribution in [0.15, 0.2) is 77.7 Å². The van der Waals surface area contributed by atoms with Gasteiger partial charge in [-0.15, -0.1) is 0 Å². The molecule has 0 saturated carbocycles. The van der Waals surface area contributed by atoms with E-state index in [1.54, 1.807) is 50.2 Å². The zero-order valence-corrected chi connectivity index (χ0v) is 20.2. The molecule has 0 N–H and O–H groups in total. The number of benzene rings is 3. The van der Waals surface area contributed by atoms with E-state index in [0.29, 0.717) is 0 Å². The molecule has 3 rings (SSSR count). The smallest absolute Gasteiger partial charge is 0.416 e. The molecule has 3 aromatic carbocycles. The Labute approximate surface area is 199 Å². The molecule has 0 fully saturated rings. The monoisotopic (exact) mass is 491 g/mol. The second kappa shape index (κ2) is 10.5. The van der Waals surface area contributed by atoms with Crippen LogP contribution in [0.4, 0.5) is 18.9 Å². The molecule has 0 radical (unpaired) electrons. The van der Waals surface area contributed by atoms with Crippen LogP contribution in [0.3, 0.4) is 0 Å². The molecule has 0 saturated heterocycles. The molecule has 0 aliphatic carbocycles. The average Bonchev–Trinajstić information content (AvgIpc) is 2.78. The highest BCUT2D eigenvalue weighted by Crippen LogP contribution is 2.39. The first-order valence-corrected chi connectivity index (χ1v) is 12.5. The van der Waals surface area contributed by atoms with Crippen molar-refractivity contribution in [3.05, 3.63) is 89.5 Å². The number of ether oxygens (including phenoxy) is 1. The van der Waals surface area contributed by atoms with Crippen LogP contribution in [-0.2, 0) is 29.2 Å². The number of rotatable bonds is 9. The molecule has 0 aliphatic heterocycles. The third-order valence-electron chi connectivity index (χ3n) is 5.25. The summed E-state index contributed by atoms with van der Waals surface area (Å²) in [4.78, 5) is 0.0648. The van der Waals surface area contributed by atoms with E-state index in [1.165, 1.54) is 12.1 Å². The van der Waals surface area contributed by atoms with Crippen LogP contribution in [-0.4, -0.2) is 14.5 Å². The summed E-state index contributed by atoms with van der Waals surface area (Å²) in [5.41, 5.74) is 0.899. The van der Waals surface area contributed by atoms with Crippen LogP contribution in [0, 0.1) is 0 Å². The predicted octanol–water partition coefficient (Wildman–Crippen LogP) is 6.84. The Hall–Kier alpha value is -3.00. The van der Waals surface area contributed by atoms with Gasteiger partial charge in [0.25, 0.3) is 10.0 Å². The molecule has 0 amide bonds. The number of hydrogen-bond acceptors (Lipinski definition) is 3. The molecule has 182 valence electrons. The van der Waals surface area contributed by atoms with E-state index >= 15 is 0 Å². The molecular formula is C26H28F3NO3S. The van der Waals surface area contributed by atoms with Gasteiger partial charge in [-0.1, -0.05) is 55.8 Å². The van der Waals surface area contributed by atoms with Gasteiger partial charge in [0.1, 0.15) is 12.4 Å². The summed E-state index contributed by atoms with van der Waals surface area (Å²) in [7, 11) is -4.07. The normalized spacial score (nSPS) is 12.1. The number of alkyl halides is 3. The van der Waals surface area contributed by atoms with Crippen LogP contribution < -0.4 is 9.04 Å². The first kappa shape index (κ1) is 25.6. The fourth-order valence-electron chi connectivity index (χ4n) is 3.64. The molecule has 0 spiro atoms. The summed E-state index contributed by atoms with van der Waals surface area (Å²) in [6.07, 6.45) is -2.84. The van der Waals surface area contributed by atoms with E-state index in [9.17, 15) is 21.6 Å². The molecule has 3 aromatic rings. The van der Waals surface area contributed by atoms with Gasteiger partial charge in [-0.3, -0.25) is 4.31 Å². The maximum Gasteiger partial charge on any atom is 0.416 e. The topological polar surface area (TPSA) is 46.6 Å². The minimum absolute atomic E-state index is 0.00710. The number of hydrogen-bond donors (Lipinski definition) is 0. The summed E-state index contributed by atoms with van der Waals surface area (Å²) in [6, 6.07) is 17.9. The van der Waals surface area contributed by atoms with Crippen molar-refractivity contribution >= 4 is 15.7 Å². The maximum atomic E-state index is 13.6. The van der Waals surface area contributed by atoms with Gasteiger partial charge in [0.15, 0.2) is 0 Å². The second-order valence-electron chi connectivity index (χ2n) is 8.24. The highest BCUT2D eigenvalue weighted by Gasteiger charge is 2.34. The van der Waals surface area contributed by atoms with E-state index in [4.69, 9.17) is 4.74 Å². The highest BCUT2D eigenvalue weighted by molar-refractivity contribution is 7.92. The van der Waals surface area contributed by atoms with Gasteiger partial charge >= 0.3 is 6.18 Å². The molecule has 0 aromatic heterocycles. The number of anilines is 1. The van der Waals surface area contributed by atoms with Crippen LogP contribution in [0.25, 0.3) is 0 Å². The molecule has 0 unspecified atom stereocenters. The van der Waals surface area contributed by atoms with Crippen molar-refractivity contribution in [2.45, 2.75) is 57.3 Å². The lowest BCUT2D eigenvalue weighted by atomic mass is 10.1. The summed E-state index contributed by atoms with van der Waals surface area (Å²) in [6.45, 7) is 5.36. The largest absolute Gasteiger partial charge is 0.487 e. The third-order valence-corrected chi connectivity index (χ3v) is 7.25. The van der Waals surface area contributed by atoms with Gasteiger partial charge < -0.3 is 4.74 Å². The van der Waals surface area contributed by atoms with Crippen molar-refractivity contribution in [3.63, 3.8) is 0 Å². The van der Waals surface area contributed by atoms with E-state index in [2.05, 4.69) is 0 Å². The van der Waals surface area contributed by atoms with Crippen molar-refractivity contribution in [1.29, 1.82) is 0 Å². The summed E-state index contributed by atoms with van der Waals surface area (Å²) < 4.78 is 74.4. The Morgan fingerprint density at radius 1 is 0.912 bits per heavy atom. The molecule has 34 heavy (non-hydrogen) atoms. The maximum absolute atomic E-state index is 13.6. The van der Waals surface area contributed by atoms with Gasteiger partial charge in [0.2, 0.25) is 0 Å². The molecule has 0 atom stereocenters. The van der Waals surface area contributed by atoms with Gasteiger partial charge in [-0.25, -0.2) is 8.42 Å². The number of halogens is 3. The minimum Gasteiger partial charge on any atom is -0.487 e. The zero-order chi connectivity index (χ0) is 24.9. The summed E-state index contributed by atoms with van der Waals surface area (Å²) >= 11 is 0.